The number of hydrogen-bond donors (Lipinski definition) is 1. The Morgan fingerprint density at radius 3 is 2.52 bits per heavy atom. The Bertz CT molecular complexity index is 1080. The molecule has 1 saturated heterocycles. The highest BCUT2D eigenvalue weighted by Gasteiger charge is 2.22. The number of nitrogens with one attached hydrogen (secondary N) is 1. The number of hydrogen-bond acceptors (Lipinski definition) is 5. The van der Waals surface area contributed by atoms with Crippen LogP contribution in [0.3, 0.4) is 0 Å². The lowest BCUT2D eigenvalue weighted by Crippen LogP contribution is -2.39. The first-order valence-electron chi connectivity index (χ1n) is 11.2. The summed E-state index contributed by atoms with van der Waals surface area (Å²) in [6.45, 7) is 7.74. The van der Waals surface area contributed by atoms with E-state index in [1.807, 2.05) is 26.0 Å². The van der Waals surface area contributed by atoms with Crippen molar-refractivity contribution in [2.45, 2.75) is 45.7 Å². The molecule has 0 saturated carbocycles. The topological polar surface area (TPSA) is 54.7 Å². The van der Waals surface area contributed by atoms with Crippen LogP contribution in [0.1, 0.15) is 47.6 Å². The third-order valence-electron chi connectivity index (χ3n) is 6.50. The van der Waals surface area contributed by atoms with Gasteiger partial charge in [0.05, 0.1) is 7.11 Å². The largest absolute Gasteiger partial charge is 0.497 e. The van der Waals surface area contributed by atoms with Crippen LogP contribution in [0, 0.1) is 13.8 Å². The first kappa shape index (κ1) is 21.6. The zero-order valence-corrected chi connectivity index (χ0v) is 18.7. The number of nitrogens with zero attached hydrogens (tertiary/aromatic N) is 1. The van der Waals surface area contributed by atoms with Crippen LogP contribution in [-0.2, 0) is 6.54 Å². The molecule has 1 fully saturated rings. The highest BCUT2D eigenvalue weighted by molar-refractivity contribution is 5.83. The molecule has 5 nitrogen and oxygen atoms in total. The van der Waals surface area contributed by atoms with Crippen molar-refractivity contribution >= 4 is 11.0 Å². The molecule has 0 spiro atoms. The lowest BCUT2D eigenvalue weighted by molar-refractivity contribution is 0.160. The minimum absolute atomic E-state index is 0.291. The van der Waals surface area contributed by atoms with E-state index in [9.17, 15) is 4.79 Å². The number of rotatable bonds is 7. The second kappa shape index (κ2) is 9.67. The van der Waals surface area contributed by atoms with Crippen molar-refractivity contribution in [1.29, 1.82) is 0 Å². The number of benzene rings is 2. The fourth-order valence-electron chi connectivity index (χ4n) is 4.53. The second-order valence-corrected chi connectivity index (χ2v) is 8.49. The molecule has 31 heavy (non-hydrogen) atoms. The molecular formula is C26H32N2O3. The molecule has 5 heteroatoms. The monoisotopic (exact) mass is 420 g/mol. The van der Waals surface area contributed by atoms with Crippen LogP contribution >= 0.6 is 0 Å². The van der Waals surface area contributed by atoms with Crippen molar-refractivity contribution < 1.29 is 9.15 Å². The van der Waals surface area contributed by atoms with Gasteiger partial charge >= 0.3 is 5.63 Å². The Labute approximate surface area is 184 Å². The zero-order chi connectivity index (χ0) is 21.8. The van der Waals surface area contributed by atoms with Gasteiger partial charge in [0.2, 0.25) is 0 Å². The van der Waals surface area contributed by atoms with Gasteiger partial charge in [-0.05, 0) is 74.2 Å². The van der Waals surface area contributed by atoms with Crippen LogP contribution in [0.2, 0.25) is 0 Å². The van der Waals surface area contributed by atoms with Crippen molar-refractivity contribution in [2.24, 2.45) is 0 Å². The van der Waals surface area contributed by atoms with E-state index in [-0.39, 0.29) is 5.63 Å². The van der Waals surface area contributed by atoms with Crippen LogP contribution in [-0.4, -0.2) is 31.6 Å². The fourth-order valence-corrected chi connectivity index (χ4v) is 4.53. The summed E-state index contributed by atoms with van der Waals surface area (Å²) in [6.07, 6.45) is 3.80. The smallest absolute Gasteiger partial charge is 0.336 e. The predicted molar refractivity (Wildman–Crippen MR) is 125 cm³/mol. The summed E-state index contributed by atoms with van der Waals surface area (Å²) in [5.41, 5.74) is 4.85. The summed E-state index contributed by atoms with van der Waals surface area (Å²) in [5, 5.41) is 4.63. The predicted octanol–water partition coefficient (Wildman–Crippen LogP) is 4.74. The zero-order valence-electron chi connectivity index (χ0n) is 18.7. The van der Waals surface area contributed by atoms with E-state index in [1.54, 1.807) is 13.2 Å². The number of likely N-dealkylation sites (tertiary alicyclic amines) is 1. The van der Waals surface area contributed by atoms with Crippen molar-refractivity contribution in [3.05, 3.63) is 75.1 Å². The van der Waals surface area contributed by atoms with Crippen molar-refractivity contribution in [1.82, 2.24) is 10.2 Å². The number of ether oxygens (including phenoxy) is 1. The number of aryl methyl sites for hydroxylation is 2. The van der Waals surface area contributed by atoms with E-state index in [4.69, 9.17) is 9.15 Å². The van der Waals surface area contributed by atoms with E-state index in [0.717, 1.165) is 47.5 Å². The van der Waals surface area contributed by atoms with Crippen molar-refractivity contribution in [3.8, 4) is 5.75 Å². The van der Waals surface area contributed by atoms with Crippen LogP contribution in [0.15, 0.2) is 51.7 Å². The number of piperidine rings is 1. The molecule has 3 aromatic rings. The maximum Gasteiger partial charge on any atom is 0.336 e. The van der Waals surface area contributed by atoms with Gasteiger partial charge in [-0.15, -0.1) is 0 Å². The normalized spacial score (nSPS) is 15.8. The highest BCUT2D eigenvalue weighted by atomic mass is 16.5. The third kappa shape index (κ3) is 4.83. The molecule has 2 aromatic carbocycles. The summed E-state index contributed by atoms with van der Waals surface area (Å²) in [7, 11) is 1.70. The van der Waals surface area contributed by atoms with E-state index in [0.29, 0.717) is 18.2 Å². The average Bonchev–Trinajstić information content (AvgIpc) is 2.80. The summed E-state index contributed by atoms with van der Waals surface area (Å²) in [4.78, 5) is 14.8. The highest BCUT2D eigenvalue weighted by Crippen LogP contribution is 2.27. The van der Waals surface area contributed by atoms with Gasteiger partial charge in [-0.1, -0.05) is 30.7 Å². The van der Waals surface area contributed by atoms with E-state index >= 15 is 0 Å². The van der Waals surface area contributed by atoms with Gasteiger partial charge in [0.1, 0.15) is 11.3 Å². The second-order valence-electron chi connectivity index (χ2n) is 8.49. The Hall–Kier alpha value is -2.63. The lowest BCUT2D eigenvalue weighted by atomic mass is 10.0. The van der Waals surface area contributed by atoms with Gasteiger partial charge in [0.25, 0.3) is 0 Å². The standard InChI is InChI=1S/C26H32N2O3/c1-18-7-12-23-21(15-25(29)31-26(23)19(18)2)16-27-17-24(28-13-5-4-6-14-28)20-8-10-22(30-3)11-9-20/h7-12,15,24,27H,4-6,13-14,16-17H2,1-3H3. The van der Waals surface area contributed by atoms with Crippen LogP contribution in [0.4, 0.5) is 0 Å². The van der Waals surface area contributed by atoms with Crippen molar-refractivity contribution in [2.75, 3.05) is 26.7 Å². The van der Waals surface area contributed by atoms with Crippen LogP contribution in [0.5, 0.6) is 5.75 Å². The molecule has 4 rings (SSSR count). The molecule has 0 radical (unpaired) electrons. The Kier molecular flexibility index (Phi) is 6.73. The minimum Gasteiger partial charge on any atom is -0.497 e. The van der Waals surface area contributed by atoms with Gasteiger partial charge in [-0.2, -0.15) is 0 Å². The fraction of sp³-hybridized carbons (Fsp3) is 0.423. The molecule has 1 unspecified atom stereocenters. The quantitative estimate of drug-likeness (QED) is 0.560. The SMILES string of the molecule is COc1ccc(C(CNCc2cc(=O)oc3c(C)c(C)ccc23)N2CCCCC2)cc1. The molecule has 1 N–H and O–H groups in total. The van der Waals surface area contributed by atoms with E-state index in [1.165, 1.54) is 24.8 Å². The molecule has 1 aromatic heterocycles. The molecule has 1 atom stereocenters. The Balaban J connectivity index is 1.55. The van der Waals surface area contributed by atoms with Gasteiger partial charge in [-0.25, -0.2) is 4.79 Å². The average molecular weight is 421 g/mol. The third-order valence-corrected chi connectivity index (χ3v) is 6.50. The number of fused-ring (bicyclic) bond motifs is 1. The first-order chi connectivity index (χ1) is 15.1. The Morgan fingerprint density at radius 2 is 1.81 bits per heavy atom. The molecule has 0 bridgehead atoms. The van der Waals surface area contributed by atoms with Crippen LogP contribution < -0.4 is 15.7 Å². The van der Waals surface area contributed by atoms with E-state index < -0.39 is 0 Å². The maximum atomic E-state index is 12.2. The summed E-state index contributed by atoms with van der Waals surface area (Å²) in [6, 6.07) is 14.5. The van der Waals surface area contributed by atoms with Gasteiger partial charge < -0.3 is 14.5 Å². The molecule has 1 aliphatic heterocycles. The molecule has 164 valence electrons. The molecule has 0 aliphatic carbocycles. The van der Waals surface area contributed by atoms with E-state index in [2.05, 4.69) is 34.5 Å². The first-order valence-corrected chi connectivity index (χ1v) is 11.2. The van der Waals surface area contributed by atoms with Crippen LogP contribution in [0.25, 0.3) is 11.0 Å². The number of methoxy groups -OCH3 is 1. The minimum atomic E-state index is -0.291. The Morgan fingerprint density at radius 1 is 1.06 bits per heavy atom. The van der Waals surface area contributed by atoms with Crippen molar-refractivity contribution in [3.63, 3.8) is 0 Å². The van der Waals surface area contributed by atoms with Gasteiger partial charge in [0.15, 0.2) is 0 Å². The summed E-state index contributed by atoms with van der Waals surface area (Å²) in [5.74, 6) is 0.877. The molecule has 2 heterocycles. The summed E-state index contributed by atoms with van der Waals surface area (Å²) < 4.78 is 10.9. The van der Waals surface area contributed by atoms with Gasteiger partial charge in [-0.3, -0.25) is 4.90 Å². The molecule has 0 amide bonds. The molecule has 1 aliphatic rings. The lowest BCUT2D eigenvalue weighted by Gasteiger charge is -2.35. The molecular weight excluding hydrogens is 388 g/mol. The summed E-state index contributed by atoms with van der Waals surface area (Å²) >= 11 is 0. The maximum absolute atomic E-state index is 12.2. The van der Waals surface area contributed by atoms with Gasteiger partial charge in [0, 0.05) is 30.6 Å².